The normalized spacial score (nSPS) is 15.7. The largest absolute Gasteiger partial charge is 0.460 e. The maximum atomic E-state index is 13.9. The molecule has 0 rings (SSSR count). The fraction of sp³-hybridized carbons (Fsp3) is 1.00. The van der Waals surface area contributed by atoms with Crippen molar-refractivity contribution in [2.24, 2.45) is 0 Å². The Morgan fingerprint density at radius 3 is 1.08 bits per heavy atom. The molecule has 0 aromatic heterocycles. The maximum Gasteiger partial charge on any atom is 0.460 e. The number of nitrogens with one attached hydrogen (secondary N) is 3. The molecule has 0 aromatic rings. The zero-order valence-electron chi connectivity index (χ0n) is 20.4. The first-order valence-corrected chi connectivity index (χ1v) is 13.1. The fourth-order valence-electron chi connectivity index (χ4n) is 3.37. The molecule has 21 heteroatoms. The smallest absolute Gasteiger partial charge is 0.316 e. The molecule has 3 N–H and O–H groups in total. The van der Waals surface area contributed by atoms with Crippen LogP contribution in [0.5, 0.6) is 0 Å². The van der Waals surface area contributed by atoms with Gasteiger partial charge in [-0.25, -0.2) is 0 Å². The molecule has 0 radical (unpaired) electrons. The monoisotopic (exact) mass is 635 g/mol. The van der Waals surface area contributed by atoms with Crippen molar-refractivity contribution in [1.29, 1.82) is 0 Å². The van der Waals surface area contributed by atoms with Crippen molar-refractivity contribution in [1.82, 2.24) is 14.9 Å². The summed E-state index contributed by atoms with van der Waals surface area (Å²) in [4.78, 5) is 9.06. The zero-order valence-corrected chi connectivity index (χ0v) is 21.4. The van der Waals surface area contributed by atoms with Gasteiger partial charge in [-0.3, -0.25) is 0 Å². The van der Waals surface area contributed by atoms with Crippen LogP contribution in [0, 0.1) is 0 Å². The van der Waals surface area contributed by atoms with E-state index in [2.05, 4.69) is 14.9 Å². The molecule has 0 aliphatic rings. The van der Waals surface area contributed by atoms with Gasteiger partial charge in [0.15, 0.2) is 0 Å². The Morgan fingerprint density at radius 2 is 0.718 bits per heavy atom. The molecule has 0 fully saturated rings. The summed E-state index contributed by atoms with van der Waals surface area (Å²) in [6.07, 6.45) is -10.9. The van der Waals surface area contributed by atoms with Crippen LogP contribution in [0.1, 0.15) is 38.5 Å². The summed E-state index contributed by atoms with van der Waals surface area (Å²) < 4.78 is 225. The van der Waals surface area contributed by atoms with E-state index in [1.807, 2.05) is 0 Å². The minimum absolute atomic E-state index is 0.0205. The molecule has 3 nitrogen and oxygen atoms in total. The zero-order chi connectivity index (χ0) is 31.6. The van der Waals surface area contributed by atoms with Crippen LogP contribution in [0.4, 0.5) is 74.6 Å². The first-order chi connectivity index (χ1) is 17.1. The van der Waals surface area contributed by atoms with Crippen molar-refractivity contribution in [3.05, 3.63) is 0 Å². The summed E-state index contributed by atoms with van der Waals surface area (Å²) in [5, 5.41) is 0. The van der Waals surface area contributed by atoms with Crippen molar-refractivity contribution in [2.75, 3.05) is 21.1 Å². The second-order valence-electron chi connectivity index (χ2n) is 8.57. The number of halogens is 17. The van der Waals surface area contributed by atoms with Gasteiger partial charge >= 0.3 is 47.6 Å². The predicted molar refractivity (Wildman–Crippen MR) is 106 cm³/mol. The Labute approximate surface area is 212 Å². The highest BCUT2D eigenvalue weighted by Crippen LogP contribution is 2.64. The number of hydrogen-bond donors (Lipinski definition) is 3. The molecule has 0 aliphatic heterocycles. The van der Waals surface area contributed by atoms with Crippen LogP contribution in [-0.2, 0) is 0 Å². The van der Waals surface area contributed by atoms with Crippen LogP contribution in [0.15, 0.2) is 0 Å². The molecule has 0 bridgehead atoms. The van der Waals surface area contributed by atoms with E-state index in [1.165, 1.54) is 0 Å². The molecular formula is C18H26F17N3Si. The first-order valence-electron chi connectivity index (χ1n) is 10.9. The molecule has 0 heterocycles. The first kappa shape index (κ1) is 37.9. The number of hydrogen-bond acceptors (Lipinski definition) is 3. The van der Waals surface area contributed by atoms with Crippen LogP contribution in [-0.4, -0.2) is 77.3 Å². The topological polar surface area (TPSA) is 36.1 Å². The van der Waals surface area contributed by atoms with Gasteiger partial charge in [0.05, 0.1) is 0 Å². The standard InChI is InChI=1S/C18H26F17N3Si/c1-36-39(37-2,38-3)10-8-6-4-5-7-9-11(19,20)12(21,22)13(23,24)14(25,26)15(27,28)16(29,30)17(31,32)18(33,34)35/h36-38H,4-10H2,1-3H3. The number of alkyl halides is 17. The molecule has 0 aromatic carbocycles. The van der Waals surface area contributed by atoms with Crippen molar-refractivity contribution in [3.8, 4) is 0 Å². The number of unbranched alkanes of at least 4 members (excludes halogenated alkanes) is 4. The molecule has 0 saturated carbocycles. The molecule has 0 aliphatic carbocycles. The average molecular weight is 635 g/mol. The van der Waals surface area contributed by atoms with Gasteiger partial charge in [0.25, 0.3) is 8.56 Å². The lowest BCUT2D eigenvalue weighted by atomic mass is 9.87. The SMILES string of the molecule is CN[Si](CCCCCCCC(F)(F)C(F)(F)C(F)(F)C(F)(F)C(F)(F)C(F)(F)C(F)(F)C(F)(F)F)(NC)NC. The van der Waals surface area contributed by atoms with Crippen LogP contribution in [0.25, 0.3) is 0 Å². The van der Waals surface area contributed by atoms with E-state index in [-0.39, 0.29) is 12.8 Å². The highest BCUT2D eigenvalue weighted by molar-refractivity contribution is 6.72. The summed E-state index contributed by atoms with van der Waals surface area (Å²) in [7, 11) is 2.64. The second kappa shape index (κ2) is 12.0. The van der Waals surface area contributed by atoms with E-state index in [9.17, 15) is 74.6 Å². The molecule has 0 saturated heterocycles. The lowest BCUT2D eigenvalue weighted by Crippen LogP contribution is -2.74. The van der Waals surface area contributed by atoms with E-state index < -0.39 is 75.5 Å². The van der Waals surface area contributed by atoms with E-state index in [4.69, 9.17) is 0 Å². The van der Waals surface area contributed by atoms with Crippen LogP contribution >= 0.6 is 0 Å². The van der Waals surface area contributed by atoms with Gasteiger partial charge in [-0.1, -0.05) is 25.7 Å². The Hall–Kier alpha value is -1.09. The third-order valence-electron chi connectivity index (χ3n) is 6.11. The third kappa shape index (κ3) is 6.54. The quantitative estimate of drug-likeness (QED) is 0.0922. The average Bonchev–Trinajstić information content (AvgIpc) is 2.79. The maximum absolute atomic E-state index is 13.9. The third-order valence-corrected chi connectivity index (χ3v) is 9.77. The Morgan fingerprint density at radius 1 is 0.410 bits per heavy atom. The summed E-state index contributed by atoms with van der Waals surface area (Å²) in [6.45, 7) is 0. The van der Waals surface area contributed by atoms with Crippen molar-refractivity contribution in [3.63, 3.8) is 0 Å². The molecular weight excluding hydrogens is 609 g/mol. The highest BCUT2D eigenvalue weighted by atomic mass is 28.4. The molecule has 39 heavy (non-hydrogen) atoms. The van der Waals surface area contributed by atoms with Crippen LogP contribution in [0.2, 0.25) is 6.04 Å². The van der Waals surface area contributed by atoms with Crippen molar-refractivity contribution >= 4 is 8.56 Å². The fourth-order valence-corrected chi connectivity index (χ4v) is 5.65. The van der Waals surface area contributed by atoms with E-state index >= 15 is 0 Å². The summed E-state index contributed by atoms with van der Waals surface area (Å²) in [5.41, 5.74) is 0. The molecule has 0 amide bonds. The lowest BCUT2D eigenvalue weighted by Gasteiger charge is -2.42. The van der Waals surface area contributed by atoms with Gasteiger partial charge in [0.1, 0.15) is 0 Å². The molecule has 0 spiro atoms. The predicted octanol–water partition coefficient (Wildman–Crippen LogP) is 6.93. The highest BCUT2D eigenvalue weighted by Gasteiger charge is 2.95. The minimum atomic E-state index is -8.59. The van der Waals surface area contributed by atoms with Crippen molar-refractivity contribution < 1.29 is 74.6 Å². The molecule has 0 unspecified atom stereocenters. The van der Waals surface area contributed by atoms with Gasteiger partial charge in [-0.05, 0) is 33.6 Å². The second-order valence-corrected chi connectivity index (χ2v) is 12.4. The Bertz CT molecular complexity index is 773. The van der Waals surface area contributed by atoms with Crippen molar-refractivity contribution in [2.45, 2.75) is 92.2 Å². The number of rotatable bonds is 17. The summed E-state index contributed by atoms with van der Waals surface area (Å²) in [5.74, 6) is -55.8. The van der Waals surface area contributed by atoms with Crippen LogP contribution in [0.3, 0.4) is 0 Å². The lowest BCUT2D eigenvalue weighted by molar-refractivity contribution is -0.461. The van der Waals surface area contributed by atoms with Gasteiger partial charge in [-0.2, -0.15) is 74.6 Å². The van der Waals surface area contributed by atoms with E-state index in [1.54, 1.807) is 21.1 Å². The summed E-state index contributed by atoms with van der Waals surface area (Å²) in [6, 6.07) is 0.526. The van der Waals surface area contributed by atoms with E-state index in [0.717, 1.165) is 0 Å². The summed E-state index contributed by atoms with van der Waals surface area (Å²) >= 11 is 0. The molecule has 236 valence electrons. The van der Waals surface area contributed by atoms with Gasteiger partial charge in [-0.15, -0.1) is 0 Å². The van der Waals surface area contributed by atoms with Crippen LogP contribution < -0.4 is 14.9 Å². The molecule has 0 atom stereocenters. The van der Waals surface area contributed by atoms with Gasteiger partial charge in [0, 0.05) is 6.42 Å². The van der Waals surface area contributed by atoms with Gasteiger partial charge < -0.3 is 14.9 Å². The van der Waals surface area contributed by atoms with Gasteiger partial charge in [0.2, 0.25) is 0 Å². The Kier molecular flexibility index (Phi) is 11.7. The Balaban J connectivity index is 5.67. The van der Waals surface area contributed by atoms with E-state index in [0.29, 0.717) is 12.5 Å². The minimum Gasteiger partial charge on any atom is -0.316 e.